The van der Waals surface area contributed by atoms with Crippen molar-refractivity contribution >= 4 is 23.4 Å². The minimum absolute atomic E-state index is 0.0355. The van der Waals surface area contributed by atoms with Gasteiger partial charge < -0.3 is 20.5 Å². The average Bonchev–Trinajstić information content (AvgIpc) is 2.90. The Morgan fingerprint density at radius 1 is 1.25 bits per heavy atom. The molecule has 1 aromatic carbocycles. The van der Waals surface area contributed by atoms with E-state index in [-0.39, 0.29) is 36.2 Å². The first kappa shape index (κ1) is 23.1. The molecule has 1 amide bonds. The van der Waals surface area contributed by atoms with Gasteiger partial charge in [-0.2, -0.15) is 0 Å². The fraction of sp³-hybridized carbons (Fsp3) is 0.417. The largest absolute Gasteiger partial charge is 0.481 e. The number of ether oxygens (including phenoxy) is 1. The van der Waals surface area contributed by atoms with E-state index in [1.165, 1.54) is 6.33 Å². The number of carbonyl (C=O) groups is 2. The Kier molecular flexibility index (Phi) is 6.68. The van der Waals surface area contributed by atoms with Crippen LogP contribution in [-0.2, 0) is 17.6 Å². The van der Waals surface area contributed by atoms with Gasteiger partial charge in [0.1, 0.15) is 24.3 Å². The van der Waals surface area contributed by atoms with Crippen LogP contribution in [0.25, 0.3) is 0 Å². The lowest BCUT2D eigenvalue weighted by Gasteiger charge is -2.23. The SMILES string of the molecule is CCc1cc(N2CCOc3ncnc(N)c3C2=O)cc(CC)c1C#CC(C)(C)CC(=O)O. The summed E-state index contributed by atoms with van der Waals surface area (Å²) in [5.74, 6) is 5.45. The average molecular weight is 437 g/mol. The van der Waals surface area contributed by atoms with Crippen molar-refractivity contribution in [2.24, 2.45) is 5.41 Å². The van der Waals surface area contributed by atoms with Gasteiger partial charge in [-0.25, -0.2) is 9.97 Å². The van der Waals surface area contributed by atoms with Gasteiger partial charge in [-0.3, -0.25) is 9.59 Å². The summed E-state index contributed by atoms with van der Waals surface area (Å²) in [5, 5.41) is 9.13. The molecule has 8 heteroatoms. The van der Waals surface area contributed by atoms with Crippen LogP contribution in [0.2, 0.25) is 0 Å². The van der Waals surface area contributed by atoms with Crippen LogP contribution in [0, 0.1) is 17.3 Å². The van der Waals surface area contributed by atoms with Crippen LogP contribution in [0.15, 0.2) is 18.5 Å². The number of rotatable bonds is 5. The van der Waals surface area contributed by atoms with Crippen molar-refractivity contribution in [1.82, 2.24) is 9.97 Å². The van der Waals surface area contributed by atoms with Crippen molar-refractivity contribution in [1.29, 1.82) is 0 Å². The zero-order valence-corrected chi connectivity index (χ0v) is 18.9. The standard InChI is InChI=1S/C24H28N4O4/c1-5-15-11-17(12-16(6-2)18(15)7-8-24(3,4)13-19(29)30)28-9-10-32-22-20(23(28)31)21(25)26-14-27-22/h11-12,14H,5-6,9-10,13H2,1-4H3,(H,29,30)(H2,25,26,27). The number of carboxylic acid groups (broad SMARTS) is 1. The number of carbonyl (C=O) groups excluding carboxylic acids is 1. The predicted octanol–water partition coefficient (Wildman–Crippen LogP) is 3.08. The van der Waals surface area contributed by atoms with E-state index in [2.05, 4.69) is 21.8 Å². The second-order valence-electron chi connectivity index (χ2n) is 8.29. The number of hydrogen-bond acceptors (Lipinski definition) is 6. The van der Waals surface area contributed by atoms with Gasteiger partial charge in [0.05, 0.1) is 13.0 Å². The summed E-state index contributed by atoms with van der Waals surface area (Å²) in [6.07, 6.45) is 2.67. The molecule has 32 heavy (non-hydrogen) atoms. The van der Waals surface area contributed by atoms with E-state index in [1.54, 1.807) is 4.90 Å². The lowest BCUT2D eigenvalue weighted by molar-refractivity contribution is -0.138. The van der Waals surface area contributed by atoms with E-state index < -0.39 is 11.4 Å². The fourth-order valence-corrected chi connectivity index (χ4v) is 3.69. The first-order valence-electron chi connectivity index (χ1n) is 10.6. The summed E-state index contributed by atoms with van der Waals surface area (Å²) < 4.78 is 5.63. The number of hydrogen-bond donors (Lipinski definition) is 2. The number of aliphatic carboxylic acids is 1. The van der Waals surface area contributed by atoms with Gasteiger partial charge in [0.2, 0.25) is 5.88 Å². The zero-order valence-electron chi connectivity index (χ0n) is 18.9. The molecule has 0 bridgehead atoms. The van der Waals surface area contributed by atoms with Crippen LogP contribution < -0.4 is 15.4 Å². The molecule has 0 saturated carbocycles. The summed E-state index contributed by atoms with van der Waals surface area (Å²) in [7, 11) is 0. The van der Waals surface area contributed by atoms with Crippen molar-refractivity contribution in [2.45, 2.75) is 47.0 Å². The highest BCUT2D eigenvalue weighted by Gasteiger charge is 2.29. The molecule has 1 aromatic heterocycles. The third kappa shape index (κ3) is 4.83. The number of nitrogens with two attached hydrogens (primary N) is 1. The predicted molar refractivity (Wildman–Crippen MR) is 122 cm³/mol. The van der Waals surface area contributed by atoms with Gasteiger partial charge in [-0.15, -0.1) is 0 Å². The van der Waals surface area contributed by atoms with Crippen LogP contribution in [0.1, 0.15) is 61.2 Å². The zero-order chi connectivity index (χ0) is 23.5. The van der Waals surface area contributed by atoms with Crippen molar-refractivity contribution < 1.29 is 19.4 Å². The van der Waals surface area contributed by atoms with Gasteiger partial charge in [0.15, 0.2) is 0 Å². The Labute approximate surface area is 187 Å². The number of benzene rings is 1. The summed E-state index contributed by atoms with van der Waals surface area (Å²) in [6, 6.07) is 3.91. The van der Waals surface area contributed by atoms with Crippen LogP contribution in [-0.4, -0.2) is 40.1 Å². The molecule has 0 aliphatic carbocycles. The molecule has 0 unspecified atom stereocenters. The Bertz CT molecular complexity index is 1090. The van der Waals surface area contributed by atoms with Crippen LogP contribution >= 0.6 is 0 Å². The Balaban J connectivity index is 2.06. The third-order valence-electron chi connectivity index (χ3n) is 5.33. The monoisotopic (exact) mass is 436 g/mol. The molecule has 3 N–H and O–H groups in total. The Morgan fingerprint density at radius 2 is 1.91 bits per heavy atom. The molecule has 1 aliphatic rings. The maximum Gasteiger partial charge on any atom is 0.304 e. The highest BCUT2D eigenvalue weighted by atomic mass is 16.5. The molecule has 1 aliphatic heterocycles. The highest BCUT2D eigenvalue weighted by Crippen LogP contribution is 2.31. The molecule has 8 nitrogen and oxygen atoms in total. The van der Waals surface area contributed by atoms with E-state index in [0.717, 1.165) is 22.4 Å². The maximum atomic E-state index is 13.3. The fourth-order valence-electron chi connectivity index (χ4n) is 3.69. The maximum absolute atomic E-state index is 13.3. The molecular formula is C24H28N4O4. The van der Waals surface area contributed by atoms with E-state index in [4.69, 9.17) is 15.6 Å². The molecular weight excluding hydrogens is 408 g/mol. The lowest BCUT2D eigenvalue weighted by atomic mass is 9.88. The molecule has 0 spiro atoms. The van der Waals surface area contributed by atoms with E-state index >= 15 is 0 Å². The molecule has 2 aromatic rings. The molecule has 0 atom stereocenters. The van der Waals surface area contributed by atoms with Crippen molar-refractivity contribution in [2.75, 3.05) is 23.8 Å². The first-order valence-corrected chi connectivity index (χ1v) is 10.6. The summed E-state index contributed by atoms with van der Waals surface area (Å²) in [5.41, 5.74) is 9.08. The van der Waals surface area contributed by atoms with Crippen LogP contribution in [0.5, 0.6) is 5.88 Å². The molecule has 168 valence electrons. The molecule has 0 saturated heterocycles. The summed E-state index contributed by atoms with van der Waals surface area (Å²) >= 11 is 0. The van der Waals surface area contributed by atoms with E-state index in [9.17, 15) is 9.59 Å². The van der Waals surface area contributed by atoms with E-state index in [0.29, 0.717) is 19.4 Å². The first-order chi connectivity index (χ1) is 15.2. The Morgan fingerprint density at radius 3 is 2.50 bits per heavy atom. The summed E-state index contributed by atoms with van der Waals surface area (Å²) in [6.45, 7) is 8.32. The van der Waals surface area contributed by atoms with Gasteiger partial charge >= 0.3 is 5.97 Å². The lowest BCUT2D eigenvalue weighted by Crippen LogP contribution is -2.33. The van der Waals surface area contributed by atoms with Gasteiger partial charge in [-0.05, 0) is 49.9 Å². The number of amides is 1. The van der Waals surface area contributed by atoms with Crippen LogP contribution in [0.3, 0.4) is 0 Å². The quantitative estimate of drug-likeness (QED) is 0.691. The second kappa shape index (κ2) is 9.27. The number of fused-ring (bicyclic) bond motifs is 1. The molecule has 2 heterocycles. The number of aromatic nitrogens is 2. The smallest absolute Gasteiger partial charge is 0.304 e. The summed E-state index contributed by atoms with van der Waals surface area (Å²) in [4.78, 5) is 34.1. The van der Waals surface area contributed by atoms with Gasteiger partial charge in [0, 0.05) is 16.7 Å². The number of carboxylic acids is 1. The number of aryl methyl sites for hydroxylation is 2. The number of anilines is 2. The minimum atomic E-state index is -0.878. The minimum Gasteiger partial charge on any atom is -0.481 e. The van der Waals surface area contributed by atoms with Crippen molar-refractivity contribution in [3.63, 3.8) is 0 Å². The highest BCUT2D eigenvalue weighted by molar-refractivity contribution is 6.10. The Hall–Kier alpha value is -3.60. The second-order valence-corrected chi connectivity index (χ2v) is 8.29. The van der Waals surface area contributed by atoms with Crippen LogP contribution in [0.4, 0.5) is 11.5 Å². The number of nitrogens with zero attached hydrogens (tertiary/aromatic N) is 3. The van der Waals surface area contributed by atoms with Gasteiger partial charge in [-0.1, -0.05) is 25.7 Å². The molecule has 0 fully saturated rings. The third-order valence-corrected chi connectivity index (χ3v) is 5.33. The normalized spacial score (nSPS) is 13.5. The molecule has 3 rings (SSSR count). The van der Waals surface area contributed by atoms with Crippen molar-refractivity contribution in [3.8, 4) is 17.7 Å². The number of nitrogen functional groups attached to an aromatic ring is 1. The topological polar surface area (TPSA) is 119 Å². The van der Waals surface area contributed by atoms with E-state index in [1.807, 2.05) is 39.8 Å². The van der Waals surface area contributed by atoms with Crippen molar-refractivity contribution in [3.05, 3.63) is 40.7 Å². The van der Waals surface area contributed by atoms with Gasteiger partial charge in [0.25, 0.3) is 5.91 Å². The molecule has 0 radical (unpaired) electrons.